The molecule has 0 bridgehead atoms. The van der Waals surface area contributed by atoms with Crippen LogP contribution in [0.3, 0.4) is 0 Å². The highest BCUT2D eigenvalue weighted by Crippen LogP contribution is 2.47. The molecular weight excluding hydrogens is 554 g/mol. The van der Waals surface area contributed by atoms with Gasteiger partial charge in [-0.3, -0.25) is 4.79 Å². The van der Waals surface area contributed by atoms with Gasteiger partial charge in [-0.2, -0.15) is 0 Å². The monoisotopic (exact) mass is 585 g/mol. The Morgan fingerprint density at radius 3 is 2.36 bits per heavy atom. The largest absolute Gasteiger partial charge is 0.496 e. The lowest BCUT2D eigenvalue weighted by atomic mass is 9.86. The molecule has 5 aromatic carbocycles. The molecule has 0 amide bonds. The second-order valence-corrected chi connectivity index (χ2v) is 11.7. The number of aromatic nitrogens is 1. The van der Waals surface area contributed by atoms with Crippen molar-refractivity contribution in [1.82, 2.24) is 4.57 Å². The van der Waals surface area contributed by atoms with E-state index in [4.69, 9.17) is 14.2 Å². The van der Waals surface area contributed by atoms with Crippen molar-refractivity contribution in [2.45, 2.75) is 31.7 Å². The lowest BCUT2D eigenvalue weighted by molar-refractivity contribution is -0.171. The molecule has 0 unspecified atom stereocenters. The van der Waals surface area contributed by atoms with Gasteiger partial charge in [-0.1, -0.05) is 66.7 Å². The van der Waals surface area contributed by atoms with Crippen LogP contribution in [-0.4, -0.2) is 34.5 Å². The maximum absolute atomic E-state index is 14.0. The van der Waals surface area contributed by atoms with Gasteiger partial charge in [0.1, 0.15) is 23.2 Å². The number of benzene rings is 5. The third-order valence-corrected chi connectivity index (χ3v) is 8.62. The molecule has 2 atom stereocenters. The molecule has 0 radical (unpaired) electrons. The number of ether oxygens (including phenoxy) is 3. The predicted molar refractivity (Wildman–Crippen MR) is 173 cm³/mol. The maximum Gasteiger partial charge on any atom is 0.331 e. The molecule has 44 heavy (non-hydrogen) atoms. The summed E-state index contributed by atoms with van der Waals surface area (Å²) < 4.78 is 19.9. The number of hydrogen-bond donors (Lipinski definition) is 1. The molecule has 2 heterocycles. The van der Waals surface area contributed by atoms with Crippen LogP contribution in [0.1, 0.15) is 31.1 Å². The SMILES string of the molecule is COc1cc2c(c3c1c(=O)c1cc4ccccc4cc1n3C)[C@@H](O)[C@@H](OC(=O)C=Cc1cccc3ccccc13)C(C)(C)O2. The number of methoxy groups -OCH3 is 1. The van der Waals surface area contributed by atoms with E-state index in [2.05, 4.69) is 0 Å². The minimum absolute atomic E-state index is 0.220. The second kappa shape index (κ2) is 10.2. The first-order valence-corrected chi connectivity index (χ1v) is 14.5. The number of carbonyl (C=O) groups excluding carboxylic acids is 1. The van der Waals surface area contributed by atoms with Gasteiger partial charge in [-0.25, -0.2) is 4.79 Å². The van der Waals surface area contributed by atoms with E-state index < -0.39 is 23.8 Å². The lowest BCUT2D eigenvalue weighted by Gasteiger charge is -2.42. The molecular formula is C37H31NO6. The van der Waals surface area contributed by atoms with E-state index in [9.17, 15) is 14.7 Å². The van der Waals surface area contributed by atoms with Gasteiger partial charge in [0.2, 0.25) is 5.43 Å². The zero-order valence-corrected chi connectivity index (χ0v) is 24.8. The van der Waals surface area contributed by atoms with Gasteiger partial charge in [0.25, 0.3) is 0 Å². The molecule has 7 nitrogen and oxygen atoms in total. The first-order valence-electron chi connectivity index (χ1n) is 14.5. The summed E-state index contributed by atoms with van der Waals surface area (Å²) in [6.07, 6.45) is 0.710. The summed E-state index contributed by atoms with van der Waals surface area (Å²) in [5, 5.41) is 16.8. The van der Waals surface area contributed by atoms with Gasteiger partial charge in [-0.15, -0.1) is 0 Å². The molecule has 0 aliphatic carbocycles. The number of rotatable bonds is 4. The van der Waals surface area contributed by atoms with Crippen molar-refractivity contribution < 1.29 is 24.1 Å². The van der Waals surface area contributed by atoms with E-state index in [1.807, 2.05) is 90.5 Å². The summed E-state index contributed by atoms with van der Waals surface area (Å²) in [6.45, 7) is 3.52. The maximum atomic E-state index is 14.0. The van der Waals surface area contributed by atoms with Crippen molar-refractivity contribution in [2.75, 3.05) is 7.11 Å². The molecule has 1 aliphatic rings. The molecule has 0 saturated carbocycles. The Labute approximate surface area is 253 Å². The first kappa shape index (κ1) is 27.7. The van der Waals surface area contributed by atoms with Crippen molar-refractivity contribution in [1.29, 1.82) is 0 Å². The molecule has 1 aliphatic heterocycles. The Balaban J connectivity index is 1.34. The number of nitrogens with zero attached hydrogens (tertiary/aromatic N) is 1. The fraction of sp³-hybridized carbons (Fsp3) is 0.189. The van der Waals surface area contributed by atoms with Crippen LogP contribution in [0.4, 0.5) is 0 Å². The quantitative estimate of drug-likeness (QED) is 0.139. The molecule has 0 spiro atoms. The zero-order valence-electron chi connectivity index (χ0n) is 24.8. The van der Waals surface area contributed by atoms with Crippen molar-refractivity contribution in [3.63, 3.8) is 0 Å². The number of carbonyl (C=O) groups is 1. The second-order valence-electron chi connectivity index (χ2n) is 11.7. The van der Waals surface area contributed by atoms with Crippen LogP contribution in [-0.2, 0) is 16.6 Å². The van der Waals surface area contributed by atoms with Crippen LogP contribution in [0.15, 0.2) is 95.8 Å². The molecule has 0 fully saturated rings. The van der Waals surface area contributed by atoms with Crippen LogP contribution in [0.25, 0.3) is 49.4 Å². The van der Waals surface area contributed by atoms with E-state index in [-0.39, 0.29) is 5.43 Å². The van der Waals surface area contributed by atoms with Crippen LogP contribution in [0.2, 0.25) is 0 Å². The fourth-order valence-electron chi connectivity index (χ4n) is 6.48. The van der Waals surface area contributed by atoms with E-state index in [1.54, 1.807) is 26.0 Å². The van der Waals surface area contributed by atoms with Gasteiger partial charge < -0.3 is 23.9 Å². The fourth-order valence-corrected chi connectivity index (χ4v) is 6.48. The van der Waals surface area contributed by atoms with Gasteiger partial charge in [-0.05, 0) is 59.2 Å². The topological polar surface area (TPSA) is 87.0 Å². The Bertz CT molecular complexity index is 2220. The Morgan fingerprint density at radius 2 is 1.61 bits per heavy atom. The molecule has 6 aromatic rings. The first-order chi connectivity index (χ1) is 21.2. The molecule has 7 rings (SSSR count). The van der Waals surface area contributed by atoms with E-state index in [0.717, 1.165) is 27.1 Å². The summed E-state index contributed by atoms with van der Waals surface area (Å²) in [5.41, 5.74) is 1.08. The van der Waals surface area contributed by atoms with Crippen LogP contribution >= 0.6 is 0 Å². The number of fused-ring (bicyclic) bond motifs is 6. The third-order valence-electron chi connectivity index (χ3n) is 8.62. The summed E-state index contributed by atoms with van der Waals surface area (Å²) in [4.78, 5) is 27.2. The summed E-state index contributed by atoms with van der Waals surface area (Å²) >= 11 is 0. The van der Waals surface area contributed by atoms with E-state index >= 15 is 0 Å². The highest BCUT2D eigenvalue weighted by molar-refractivity contribution is 6.04. The number of hydrogen-bond acceptors (Lipinski definition) is 6. The molecule has 1 aromatic heterocycles. The van der Waals surface area contributed by atoms with Gasteiger partial charge >= 0.3 is 5.97 Å². The Morgan fingerprint density at radius 1 is 0.932 bits per heavy atom. The minimum Gasteiger partial charge on any atom is -0.496 e. The number of aliphatic hydroxyl groups is 1. The smallest absolute Gasteiger partial charge is 0.331 e. The van der Waals surface area contributed by atoms with E-state index in [1.165, 1.54) is 13.2 Å². The van der Waals surface area contributed by atoms with Crippen molar-refractivity contribution >= 4 is 55.4 Å². The van der Waals surface area contributed by atoms with E-state index in [0.29, 0.717) is 38.9 Å². The van der Waals surface area contributed by atoms with Gasteiger partial charge in [0, 0.05) is 24.6 Å². The number of pyridine rings is 1. The zero-order chi connectivity index (χ0) is 30.7. The average Bonchev–Trinajstić information content (AvgIpc) is 3.02. The average molecular weight is 586 g/mol. The number of aliphatic hydroxyl groups excluding tert-OH is 1. The highest BCUT2D eigenvalue weighted by atomic mass is 16.6. The van der Waals surface area contributed by atoms with Crippen LogP contribution < -0.4 is 14.9 Å². The van der Waals surface area contributed by atoms with Crippen molar-refractivity contribution in [3.8, 4) is 11.5 Å². The van der Waals surface area contributed by atoms with Crippen LogP contribution in [0, 0.1) is 0 Å². The molecule has 0 saturated heterocycles. The van der Waals surface area contributed by atoms with Crippen LogP contribution in [0.5, 0.6) is 11.5 Å². The molecule has 1 N–H and O–H groups in total. The summed E-state index contributed by atoms with van der Waals surface area (Å²) in [5.74, 6) is 0.0807. The minimum atomic E-state index is -1.29. The predicted octanol–water partition coefficient (Wildman–Crippen LogP) is 6.84. The molecule has 220 valence electrons. The highest BCUT2D eigenvalue weighted by Gasteiger charge is 2.47. The van der Waals surface area contributed by atoms with Crippen molar-refractivity contribution in [3.05, 3.63) is 112 Å². The Hall–Kier alpha value is -5.14. The third kappa shape index (κ3) is 4.31. The number of esters is 1. The normalized spacial score (nSPS) is 17.7. The van der Waals surface area contributed by atoms with Gasteiger partial charge in [0.15, 0.2) is 6.10 Å². The lowest BCUT2D eigenvalue weighted by Crippen LogP contribution is -2.51. The summed E-state index contributed by atoms with van der Waals surface area (Å²) in [7, 11) is 3.35. The Kier molecular flexibility index (Phi) is 6.44. The number of aryl methyl sites for hydroxylation is 1. The van der Waals surface area contributed by atoms with Crippen molar-refractivity contribution in [2.24, 2.45) is 7.05 Å². The van der Waals surface area contributed by atoms with Gasteiger partial charge in [0.05, 0.1) is 29.1 Å². The molecule has 7 heteroatoms. The standard InChI is InChI=1S/C37H31NO6/c1-37(2)36(43-30(39)17-16-22-14-9-13-21-10-7-8-15-25(21)22)35(41)32-29(44-37)20-28(42-4)31-33(32)38(3)27-19-24-12-6-5-11-23(24)18-26(27)34(31)40/h5-20,35-36,41H,1-4H3/t35-,36-/m1/s1. The summed E-state index contributed by atoms with van der Waals surface area (Å²) in [6, 6.07) is 27.1.